The molecule has 5 heteroatoms. The Labute approximate surface area is 131 Å². The van der Waals surface area contributed by atoms with Gasteiger partial charge in [0.25, 0.3) is 0 Å². The van der Waals surface area contributed by atoms with Gasteiger partial charge in [-0.15, -0.1) is 6.58 Å². The number of carbonyl (C=O) groups excluding carboxylic acids is 1. The van der Waals surface area contributed by atoms with Gasteiger partial charge in [0.2, 0.25) is 5.91 Å². The van der Waals surface area contributed by atoms with Gasteiger partial charge in [0.05, 0.1) is 0 Å². The molecule has 1 amide bonds. The van der Waals surface area contributed by atoms with Crippen molar-refractivity contribution in [2.45, 2.75) is 58.5 Å². The van der Waals surface area contributed by atoms with Crippen LogP contribution in [0.4, 0.5) is 0 Å². The van der Waals surface area contributed by atoms with E-state index in [1.54, 1.807) is 17.6 Å². The average Bonchev–Trinajstić information content (AvgIpc) is 2.97. The lowest BCUT2D eigenvalue weighted by Crippen LogP contribution is -2.40. The van der Waals surface area contributed by atoms with Gasteiger partial charge in [-0.1, -0.05) is 18.9 Å². The van der Waals surface area contributed by atoms with Gasteiger partial charge < -0.3 is 4.90 Å². The van der Waals surface area contributed by atoms with Crippen LogP contribution in [0.15, 0.2) is 23.5 Å². The number of hydrogen-bond acceptors (Lipinski definition) is 3. The minimum atomic E-state index is -0.276. The molecule has 0 radical (unpaired) electrons. The van der Waals surface area contributed by atoms with Crippen LogP contribution in [0.5, 0.6) is 0 Å². The maximum Gasteiger partial charge on any atom is 0.347 e. The lowest BCUT2D eigenvalue weighted by atomic mass is 10.2. The van der Waals surface area contributed by atoms with Gasteiger partial charge in [-0.05, 0) is 32.8 Å². The number of carbonyl (C=O) groups is 1. The highest BCUT2D eigenvalue weighted by Crippen LogP contribution is 2.24. The number of aromatic nitrogens is 2. The fraction of sp³-hybridized carbons (Fsp3) is 0.588. The van der Waals surface area contributed by atoms with Gasteiger partial charge in [-0.25, -0.2) is 4.79 Å². The van der Waals surface area contributed by atoms with Crippen LogP contribution in [0.3, 0.4) is 0 Å². The molecule has 0 bridgehead atoms. The third kappa shape index (κ3) is 3.84. The minimum Gasteiger partial charge on any atom is -0.336 e. The second-order valence-corrected chi connectivity index (χ2v) is 6.00. The van der Waals surface area contributed by atoms with Crippen molar-refractivity contribution in [1.29, 1.82) is 0 Å². The molecule has 0 N–H and O–H groups in total. The zero-order valence-electron chi connectivity index (χ0n) is 13.5. The summed E-state index contributed by atoms with van der Waals surface area (Å²) in [5.74, 6) is 0.0960. The molecule has 22 heavy (non-hydrogen) atoms. The van der Waals surface area contributed by atoms with E-state index in [1.807, 2.05) is 17.9 Å². The second-order valence-electron chi connectivity index (χ2n) is 6.00. The molecule has 0 spiro atoms. The van der Waals surface area contributed by atoms with Crippen molar-refractivity contribution in [3.8, 4) is 0 Å². The molecule has 5 nitrogen and oxygen atoms in total. The van der Waals surface area contributed by atoms with E-state index in [0.717, 1.165) is 18.5 Å². The molecular formula is C17H25N3O2. The van der Waals surface area contributed by atoms with E-state index < -0.39 is 0 Å². The van der Waals surface area contributed by atoms with Gasteiger partial charge >= 0.3 is 5.69 Å². The number of amides is 1. The topological polar surface area (TPSA) is 55.2 Å². The number of nitrogens with zero attached hydrogens (tertiary/aromatic N) is 3. The van der Waals surface area contributed by atoms with Gasteiger partial charge in [0.1, 0.15) is 0 Å². The standard InChI is InChI=1S/C17H25N3O2/c1-4-10-20(15-7-5-6-8-15)16(21)9-11-19-14(3)12-13(2)18-17(19)22/h4,12,15H,1,5-11H2,2-3H3. The van der Waals surface area contributed by atoms with E-state index in [2.05, 4.69) is 11.6 Å². The van der Waals surface area contributed by atoms with Crippen molar-refractivity contribution in [2.24, 2.45) is 0 Å². The second kappa shape index (κ2) is 7.38. The summed E-state index contributed by atoms with van der Waals surface area (Å²) in [4.78, 5) is 30.3. The van der Waals surface area contributed by atoms with E-state index in [0.29, 0.717) is 31.2 Å². The quantitative estimate of drug-likeness (QED) is 0.757. The third-order valence-corrected chi connectivity index (χ3v) is 4.31. The highest BCUT2D eigenvalue weighted by Gasteiger charge is 2.25. The maximum atomic E-state index is 12.5. The summed E-state index contributed by atoms with van der Waals surface area (Å²) >= 11 is 0. The largest absolute Gasteiger partial charge is 0.347 e. The predicted octanol–water partition coefficient (Wildman–Crippen LogP) is 2.21. The fourth-order valence-corrected chi connectivity index (χ4v) is 3.21. The monoisotopic (exact) mass is 303 g/mol. The molecule has 120 valence electrons. The SMILES string of the molecule is C=CCN(C(=O)CCn1c(C)cc(C)nc1=O)C1CCCC1. The molecule has 2 rings (SSSR count). The van der Waals surface area contributed by atoms with E-state index in [4.69, 9.17) is 0 Å². The van der Waals surface area contributed by atoms with E-state index >= 15 is 0 Å². The summed E-state index contributed by atoms with van der Waals surface area (Å²) in [5, 5.41) is 0. The summed E-state index contributed by atoms with van der Waals surface area (Å²) in [5.41, 5.74) is 1.28. The molecule has 1 fully saturated rings. The van der Waals surface area contributed by atoms with Gasteiger partial charge in [-0.2, -0.15) is 4.98 Å². The van der Waals surface area contributed by atoms with Crippen molar-refractivity contribution < 1.29 is 4.79 Å². The summed E-state index contributed by atoms with van der Waals surface area (Å²) in [7, 11) is 0. The summed E-state index contributed by atoms with van der Waals surface area (Å²) in [6.07, 6.45) is 6.63. The van der Waals surface area contributed by atoms with Crippen molar-refractivity contribution in [1.82, 2.24) is 14.5 Å². The number of hydrogen-bond donors (Lipinski definition) is 0. The first-order valence-electron chi connectivity index (χ1n) is 7.98. The molecule has 0 aliphatic heterocycles. The predicted molar refractivity (Wildman–Crippen MR) is 86.8 cm³/mol. The summed E-state index contributed by atoms with van der Waals surface area (Å²) in [6.45, 7) is 8.40. The van der Waals surface area contributed by atoms with Crippen LogP contribution in [0.2, 0.25) is 0 Å². The zero-order chi connectivity index (χ0) is 16.1. The molecule has 1 aliphatic rings. The van der Waals surface area contributed by atoms with Gasteiger partial charge in [0.15, 0.2) is 0 Å². The van der Waals surface area contributed by atoms with Crippen molar-refractivity contribution >= 4 is 5.91 Å². The van der Waals surface area contributed by atoms with Gasteiger partial charge in [0, 0.05) is 36.9 Å². The molecular weight excluding hydrogens is 278 g/mol. The Morgan fingerprint density at radius 2 is 2.14 bits per heavy atom. The molecule has 1 aliphatic carbocycles. The summed E-state index contributed by atoms with van der Waals surface area (Å²) in [6, 6.07) is 2.20. The average molecular weight is 303 g/mol. The van der Waals surface area contributed by atoms with Crippen molar-refractivity contribution in [3.05, 3.63) is 40.6 Å². The first-order chi connectivity index (χ1) is 10.5. The minimum absolute atomic E-state index is 0.0960. The lowest BCUT2D eigenvalue weighted by molar-refractivity contribution is -0.133. The molecule has 1 saturated carbocycles. The Kier molecular flexibility index (Phi) is 5.52. The number of aryl methyl sites for hydroxylation is 2. The third-order valence-electron chi connectivity index (χ3n) is 4.31. The Morgan fingerprint density at radius 1 is 1.45 bits per heavy atom. The highest BCUT2D eigenvalue weighted by atomic mass is 16.2. The van der Waals surface area contributed by atoms with E-state index in [1.165, 1.54) is 12.8 Å². The van der Waals surface area contributed by atoms with Crippen LogP contribution >= 0.6 is 0 Å². The zero-order valence-corrected chi connectivity index (χ0v) is 13.5. The van der Waals surface area contributed by atoms with Gasteiger partial charge in [-0.3, -0.25) is 9.36 Å². The molecule has 0 unspecified atom stereocenters. The molecule has 0 saturated heterocycles. The normalized spacial score (nSPS) is 15.0. The molecule has 1 aromatic heterocycles. The molecule has 1 aromatic rings. The first kappa shape index (κ1) is 16.5. The fourth-order valence-electron chi connectivity index (χ4n) is 3.21. The van der Waals surface area contributed by atoms with E-state index in [9.17, 15) is 9.59 Å². The molecule has 0 atom stereocenters. The molecule has 0 aromatic carbocycles. The Bertz CT molecular complexity index is 600. The van der Waals surface area contributed by atoms with Crippen LogP contribution in [-0.4, -0.2) is 32.9 Å². The van der Waals surface area contributed by atoms with E-state index in [-0.39, 0.29) is 11.6 Å². The van der Waals surface area contributed by atoms with Crippen molar-refractivity contribution in [2.75, 3.05) is 6.54 Å². The van der Waals surface area contributed by atoms with Crippen LogP contribution < -0.4 is 5.69 Å². The first-order valence-corrected chi connectivity index (χ1v) is 7.98. The lowest BCUT2D eigenvalue weighted by Gasteiger charge is -2.28. The van der Waals surface area contributed by atoms with Crippen molar-refractivity contribution in [3.63, 3.8) is 0 Å². The molecule has 1 heterocycles. The number of rotatable bonds is 6. The highest BCUT2D eigenvalue weighted by molar-refractivity contribution is 5.76. The van der Waals surface area contributed by atoms with Crippen LogP contribution in [0.1, 0.15) is 43.5 Å². The summed E-state index contributed by atoms with van der Waals surface area (Å²) < 4.78 is 1.58. The Hall–Kier alpha value is -1.91. The Balaban J connectivity index is 2.04. The van der Waals surface area contributed by atoms with Crippen LogP contribution in [-0.2, 0) is 11.3 Å². The maximum absolute atomic E-state index is 12.5. The van der Waals surface area contributed by atoms with Crippen LogP contribution in [0, 0.1) is 13.8 Å². The smallest absolute Gasteiger partial charge is 0.336 e. The van der Waals surface area contributed by atoms with Crippen LogP contribution in [0.25, 0.3) is 0 Å². The Morgan fingerprint density at radius 3 is 2.73 bits per heavy atom.